The van der Waals surface area contributed by atoms with Crippen molar-refractivity contribution < 1.29 is 0 Å². The second kappa shape index (κ2) is 4.49. The number of thioether (sulfide) groups is 1. The van der Waals surface area contributed by atoms with Crippen LogP contribution in [0.2, 0.25) is 0 Å². The van der Waals surface area contributed by atoms with Crippen LogP contribution in [-0.4, -0.2) is 16.5 Å². The molecule has 0 amide bonds. The summed E-state index contributed by atoms with van der Waals surface area (Å²) in [5.74, 6) is 1.60. The molecule has 0 saturated carbocycles. The molecule has 0 saturated heterocycles. The molecule has 2 atom stereocenters. The predicted molar refractivity (Wildman–Crippen MR) is 76.5 cm³/mol. The maximum Gasteiger partial charge on any atom is 0.154 e. The lowest BCUT2D eigenvalue weighted by Crippen LogP contribution is -2.38. The van der Waals surface area contributed by atoms with E-state index < -0.39 is 0 Å². The lowest BCUT2D eigenvalue weighted by atomic mass is 9.80. The van der Waals surface area contributed by atoms with Crippen LogP contribution >= 0.6 is 34.4 Å². The highest BCUT2D eigenvalue weighted by Crippen LogP contribution is 2.39. The van der Waals surface area contributed by atoms with Gasteiger partial charge in [-0.25, -0.2) is 0 Å². The molecule has 82 valence electrons. The molecule has 0 radical (unpaired) electrons. The number of hydrogen-bond donors (Lipinski definition) is 1. The molecule has 4 heteroatoms. The molecule has 1 aliphatic carbocycles. The van der Waals surface area contributed by atoms with Gasteiger partial charge in [0.25, 0.3) is 0 Å². The average molecular weight is 334 g/mol. The Bertz CT molecular complexity index is 348. The summed E-state index contributed by atoms with van der Waals surface area (Å²) in [4.78, 5) is 4.65. The predicted octanol–water partition coefficient (Wildman–Crippen LogP) is 3.09. The van der Waals surface area contributed by atoms with E-state index in [-0.39, 0.29) is 5.54 Å². The van der Waals surface area contributed by atoms with E-state index in [1.807, 2.05) is 0 Å². The van der Waals surface area contributed by atoms with E-state index in [0.717, 1.165) is 23.8 Å². The molecule has 2 aliphatic rings. The zero-order valence-corrected chi connectivity index (χ0v) is 11.7. The second-order valence-electron chi connectivity index (χ2n) is 4.21. The van der Waals surface area contributed by atoms with Crippen molar-refractivity contribution in [2.75, 3.05) is 5.75 Å². The topological polar surface area (TPSA) is 38.4 Å². The van der Waals surface area contributed by atoms with Crippen LogP contribution in [0, 0.1) is 5.92 Å². The van der Waals surface area contributed by atoms with Gasteiger partial charge in [0.2, 0.25) is 0 Å². The van der Waals surface area contributed by atoms with Crippen molar-refractivity contribution in [1.29, 1.82) is 0 Å². The van der Waals surface area contributed by atoms with Gasteiger partial charge in [-0.1, -0.05) is 30.0 Å². The van der Waals surface area contributed by atoms with E-state index in [1.165, 1.54) is 3.58 Å². The third kappa shape index (κ3) is 2.58. The minimum Gasteiger partial charge on any atom is -0.379 e. The minimum absolute atomic E-state index is 0.0104. The maximum atomic E-state index is 5.82. The standard InChI is InChI=1S/C11H15IN2S/c1-11(5-6-15-10(13)14-11)8-3-2-4-9(12)7-8/h2-4,8H,5-7H2,1H3,(H2,13,14). The van der Waals surface area contributed by atoms with Gasteiger partial charge < -0.3 is 5.73 Å². The number of amidine groups is 1. The molecule has 0 fully saturated rings. The third-order valence-corrected chi connectivity index (χ3v) is 4.65. The Labute approximate surface area is 109 Å². The number of aliphatic imine (C=N–C) groups is 1. The fourth-order valence-electron chi connectivity index (χ4n) is 2.04. The van der Waals surface area contributed by atoms with Crippen LogP contribution in [0.15, 0.2) is 26.8 Å². The molecule has 0 aromatic rings. The molecule has 2 unspecified atom stereocenters. The number of rotatable bonds is 1. The van der Waals surface area contributed by atoms with Gasteiger partial charge in [-0.05, 0) is 45.9 Å². The Morgan fingerprint density at radius 3 is 3.13 bits per heavy atom. The second-order valence-corrected chi connectivity index (χ2v) is 6.72. The number of nitrogens with two attached hydrogens (primary N) is 1. The molecular formula is C11H15IN2S. The Morgan fingerprint density at radius 1 is 1.67 bits per heavy atom. The van der Waals surface area contributed by atoms with Crippen molar-refractivity contribution in [1.82, 2.24) is 0 Å². The van der Waals surface area contributed by atoms with Crippen molar-refractivity contribution in [3.05, 3.63) is 21.8 Å². The van der Waals surface area contributed by atoms with Crippen LogP contribution in [0.1, 0.15) is 19.8 Å². The maximum absolute atomic E-state index is 5.82. The van der Waals surface area contributed by atoms with Gasteiger partial charge in [-0.3, -0.25) is 4.99 Å². The first-order valence-electron chi connectivity index (χ1n) is 5.11. The van der Waals surface area contributed by atoms with Crippen LogP contribution < -0.4 is 5.73 Å². The molecule has 1 aliphatic heterocycles. The van der Waals surface area contributed by atoms with E-state index in [9.17, 15) is 0 Å². The van der Waals surface area contributed by atoms with E-state index in [2.05, 4.69) is 52.7 Å². The largest absolute Gasteiger partial charge is 0.379 e. The van der Waals surface area contributed by atoms with Crippen LogP contribution in [0.3, 0.4) is 0 Å². The Hall–Kier alpha value is 0.0300. The SMILES string of the molecule is CC1(C2C=CC=C(I)C2)CCSC(N)=N1. The quantitative estimate of drug-likeness (QED) is 0.749. The number of halogens is 1. The summed E-state index contributed by atoms with van der Waals surface area (Å²) in [6.07, 6.45) is 8.82. The monoisotopic (exact) mass is 334 g/mol. The Kier molecular flexibility index (Phi) is 3.45. The first-order chi connectivity index (χ1) is 7.10. The Morgan fingerprint density at radius 2 is 2.47 bits per heavy atom. The normalized spacial score (nSPS) is 36.0. The zero-order valence-electron chi connectivity index (χ0n) is 8.74. The summed E-state index contributed by atoms with van der Waals surface area (Å²) in [7, 11) is 0. The lowest BCUT2D eigenvalue weighted by molar-refractivity contribution is 0.342. The summed E-state index contributed by atoms with van der Waals surface area (Å²) in [6.45, 7) is 2.23. The van der Waals surface area contributed by atoms with E-state index in [1.54, 1.807) is 11.8 Å². The summed E-state index contributed by atoms with van der Waals surface area (Å²) in [6, 6.07) is 0. The van der Waals surface area contributed by atoms with Gasteiger partial charge in [0, 0.05) is 11.7 Å². The first kappa shape index (κ1) is 11.5. The Balaban J connectivity index is 2.19. The van der Waals surface area contributed by atoms with Gasteiger partial charge >= 0.3 is 0 Å². The van der Waals surface area contributed by atoms with Gasteiger partial charge in [0.1, 0.15) is 0 Å². The molecule has 1 heterocycles. The first-order valence-corrected chi connectivity index (χ1v) is 7.17. The molecule has 15 heavy (non-hydrogen) atoms. The van der Waals surface area contributed by atoms with Crippen molar-refractivity contribution in [2.24, 2.45) is 16.6 Å². The van der Waals surface area contributed by atoms with Crippen molar-refractivity contribution >= 4 is 39.5 Å². The summed E-state index contributed by atoms with van der Waals surface area (Å²) in [5, 5.41) is 0.752. The highest BCUT2D eigenvalue weighted by atomic mass is 127. The van der Waals surface area contributed by atoms with Gasteiger partial charge in [-0.15, -0.1) is 0 Å². The van der Waals surface area contributed by atoms with Gasteiger partial charge in [0.05, 0.1) is 5.54 Å². The van der Waals surface area contributed by atoms with Gasteiger partial charge in [-0.2, -0.15) is 0 Å². The van der Waals surface area contributed by atoms with Crippen molar-refractivity contribution in [2.45, 2.75) is 25.3 Å². The van der Waals surface area contributed by atoms with E-state index >= 15 is 0 Å². The third-order valence-electron chi connectivity index (χ3n) is 3.06. The smallest absolute Gasteiger partial charge is 0.154 e. The summed E-state index contributed by atoms with van der Waals surface area (Å²) in [5.41, 5.74) is 5.83. The molecule has 0 spiro atoms. The number of hydrogen-bond acceptors (Lipinski definition) is 3. The van der Waals surface area contributed by atoms with Crippen LogP contribution in [0.25, 0.3) is 0 Å². The lowest BCUT2D eigenvalue weighted by Gasteiger charge is -2.36. The number of nitrogens with zero attached hydrogens (tertiary/aromatic N) is 1. The van der Waals surface area contributed by atoms with Crippen molar-refractivity contribution in [3.8, 4) is 0 Å². The van der Waals surface area contributed by atoms with Crippen LogP contribution in [-0.2, 0) is 0 Å². The molecule has 0 aromatic heterocycles. The highest BCUT2D eigenvalue weighted by Gasteiger charge is 2.35. The molecule has 2 nitrogen and oxygen atoms in total. The molecule has 2 N–H and O–H groups in total. The summed E-state index contributed by atoms with van der Waals surface area (Å²) < 4.78 is 1.41. The number of allylic oxidation sites excluding steroid dienone is 3. The molecule has 0 bridgehead atoms. The van der Waals surface area contributed by atoms with E-state index in [4.69, 9.17) is 5.73 Å². The fraction of sp³-hybridized carbons (Fsp3) is 0.545. The molecular weight excluding hydrogens is 319 g/mol. The van der Waals surface area contributed by atoms with Crippen molar-refractivity contribution in [3.63, 3.8) is 0 Å². The summed E-state index contributed by atoms with van der Waals surface area (Å²) >= 11 is 4.08. The van der Waals surface area contributed by atoms with Crippen LogP contribution in [0.5, 0.6) is 0 Å². The molecule has 2 rings (SSSR count). The fourth-order valence-corrected chi connectivity index (χ4v) is 3.72. The van der Waals surface area contributed by atoms with E-state index in [0.29, 0.717) is 5.92 Å². The highest BCUT2D eigenvalue weighted by molar-refractivity contribution is 14.1. The average Bonchev–Trinajstić information content (AvgIpc) is 2.17. The molecule has 0 aromatic carbocycles. The zero-order chi connectivity index (χ0) is 10.9. The van der Waals surface area contributed by atoms with Crippen LogP contribution in [0.4, 0.5) is 0 Å². The minimum atomic E-state index is 0.0104. The van der Waals surface area contributed by atoms with Gasteiger partial charge in [0.15, 0.2) is 5.17 Å².